The summed E-state index contributed by atoms with van der Waals surface area (Å²) < 4.78 is 79.9. The van der Waals surface area contributed by atoms with E-state index in [1.165, 1.54) is 16.4 Å². The molecule has 2 saturated heterocycles. The van der Waals surface area contributed by atoms with Crippen LogP contribution in [-0.4, -0.2) is 50.7 Å². The second kappa shape index (κ2) is 8.88. The Hall–Kier alpha value is -2.17. The molecule has 0 saturated carbocycles. The topological polar surface area (TPSA) is 60.9 Å². The van der Waals surface area contributed by atoms with Crippen LogP contribution in [-0.2, 0) is 16.2 Å². The highest BCUT2D eigenvalue weighted by Gasteiger charge is 2.45. The van der Waals surface area contributed by atoms with Gasteiger partial charge in [-0.25, -0.2) is 12.8 Å². The van der Waals surface area contributed by atoms with Gasteiger partial charge < -0.3 is 10.0 Å². The van der Waals surface area contributed by atoms with Gasteiger partial charge in [-0.1, -0.05) is 24.3 Å². The van der Waals surface area contributed by atoms with Gasteiger partial charge in [0.05, 0.1) is 10.5 Å². The molecule has 2 aromatic rings. The average molecular weight is 487 g/mol. The normalized spacial score (nSPS) is 20.3. The summed E-state index contributed by atoms with van der Waals surface area (Å²) >= 11 is 0. The van der Waals surface area contributed by atoms with Crippen LogP contribution >= 0.6 is 0 Å². The molecule has 1 atom stereocenters. The second-order valence-corrected chi connectivity index (χ2v) is 10.7. The minimum atomic E-state index is -4.75. The zero-order valence-electron chi connectivity index (χ0n) is 17.9. The van der Waals surface area contributed by atoms with Crippen molar-refractivity contribution < 1.29 is 31.1 Å². The SMILES string of the molecule is O=S(=O)(c1ccccc1C(F)(F)F)N1CCC2(CCN(c3ccc(C(O)CF)cc3)C2)CC1. The van der Waals surface area contributed by atoms with Crippen LogP contribution in [0.25, 0.3) is 0 Å². The van der Waals surface area contributed by atoms with Crippen molar-refractivity contribution in [2.75, 3.05) is 37.8 Å². The number of hydrogen-bond acceptors (Lipinski definition) is 4. The highest BCUT2D eigenvalue weighted by atomic mass is 32.2. The number of hydrogen-bond donors (Lipinski definition) is 1. The van der Waals surface area contributed by atoms with Gasteiger partial charge in [0, 0.05) is 31.9 Å². The lowest BCUT2D eigenvalue weighted by Crippen LogP contribution is -2.44. The molecule has 1 N–H and O–H groups in total. The number of sulfonamides is 1. The number of nitrogens with zero attached hydrogens (tertiary/aromatic N) is 2. The first kappa shape index (κ1) is 24.0. The summed E-state index contributed by atoms with van der Waals surface area (Å²) in [6, 6.07) is 11.4. The zero-order chi connectivity index (χ0) is 23.9. The van der Waals surface area contributed by atoms with Crippen molar-refractivity contribution in [3.63, 3.8) is 0 Å². The Morgan fingerprint density at radius 3 is 2.18 bits per heavy atom. The maximum absolute atomic E-state index is 13.4. The zero-order valence-corrected chi connectivity index (χ0v) is 18.7. The fourth-order valence-corrected chi connectivity index (χ4v) is 6.48. The van der Waals surface area contributed by atoms with E-state index in [1.54, 1.807) is 12.1 Å². The Morgan fingerprint density at radius 2 is 1.58 bits per heavy atom. The number of aliphatic hydroxyl groups is 1. The molecule has 0 amide bonds. The molecule has 0 radical (unpaired) electrons. The largest absolute Gasteiger partial charge is 0.417 e. The molecule has 5 nitrogen and oxygen atoms in total. The molecule has 2 aromatic carbocycles. The molecular formula is C23H26F4N2O3S. The number of anilines is 1. The number of alkyl halides is 4. The van der Waals surface area contributed by atoms with Gasteiger partial charge in [0.2, 0.25) is 10.0 Å². The van der Waals surface area contributed by atoms with Gasteiger partial charge in [-0.15, -0.1) is 0 Å². The Kier molecular flexibility index (Phi) is 6.45. The summed E-state index contributed by atoms with van der Waals surface area (Å²) in [4.78, 5) is 1.48. The average Bonchev–Trinajstić information content (AvgIpc) is 3.21. The van der Waals surface area contributed by atoms with E-state index in [9.17, 15) is 31.1 Å². The van der Waals surface area contributed by atoms with Crippen molar-refractivity contribution in [3.05, 3.63) is 59.7 Å². The van der Waals surface area contributed by atoms with Gasteiger partial charge in [0.1, 0.15) is 12.8 Å². The minimum Gasteiger partial charge on any atom is -0.386 e. The van der Waals surface area contributed by atoms with Crippen LogP contribution in [0.15, 0.2) is 53.4 Å². The number of rotatable bonds is 5. The smallest absolute Gasteiger partial charge is 0.386 e. The molecule has 2 aliphatic heterocycles. The Labute approximate surface area is 190 Å². The second-order valence-electron chi connectivity index (χ2n) is 8.83. The van der Waals surface area contributed by atoms with E-state index in [2.05, 4.69) is 4.90 Å². The van der Waals surface area contributed by atoms with Gasteiger partial charge >= 0.3 is 6.18 Å². The molecule has 4 rings (SSSR count). The Morgan fingerprint density at radius 1 is 0.970 bits per heavy atom. The fourth-order valence-electron chi connectivity index (χ4n) is 4.83. The third-order valence-electron chi connectivity index (χ3n) is 6.82. The standard InChI is InChI=1S/C23H26F4N2O3S/c24-15-20(30)17-5-7-18(8-6-17)28-12-9-22(16-28)10-13-29(14-11-22)33(31,32)21-4-2-1-3-19(21)23(25,26)27/h1-8,20,30H,9-16H2. The van der Waals surface area contributed by atoms with E-state index in [-0.39, 0.29) is 18.5 Å². The van der Waals surface area contributed by atoms with E-state index in [0.717, 1.165) is 30.8 Å². The van der Waals surface area contributed by atoms with Crippen LogP contribution in [0.5, 0.6) is 0 Å². The van der Waals surface area contributed by atoms with Crippen LogP contribution in [0.2, 0.25) is 0 Å². The highest BCUT2D eigenvalue weighted by molar-refractivity contribution is 7.89. The molecule has 2 heterocycles. The van der Waals surface area contributed by atoms with Crippen molar-refractivity contribution in [2.24, 2.45) is 5.41 Å². The highest BCUT2D eigenvalue weighted by Crippen LogP contribution is 2.44. The molecule has 33 heavy (non-hydrogen) atoms. The van der Waals surface area contributed by atoms with Crippen molar-refractivity contribution in [3.8, 4) is 0 Å². The van der Waals surface area contributed by atoms with Crippen LogP contribution in [0.1, 0.15) is 36.5 Å². The van der Waals surface area contributed by atoms with E-state index in [1.807, 2.05) is 12.1 Å². The lowest BCUT2D eigenvalue weighted by atomic mass is 9.78. The molecule has 1 spiro atoms. The number of piperidine rings is 1. The van der Waals surface area contributed by atoms with Gasteiger partial charge in [0.25, 0.3) is 0 Å². The lowest BCUT2D eigenvalue weighted by molar-refractivity contribution is -0.139. The van der Waals surface area contributed by atoms with E-state index in [4.69, 9.17) is 0 Å². The summed E-state index contributed by atoms with van der Waals surface area (Å²) in [6.45, 7) is 0.979. The predicted molar refractivity (Wildman–Crippen MR) is 116 cm³/mol. The van der Waals surface area contributed by atoms with E-state index >= 15 is 0 Å². The predicted octanol–water partition coefficient (Wildman–Crippen LogP) is 4.39. The van der Waals surface area contributed by atoms with Gasteiger partial charge in [-0.3, -0.25) is 0 Å². The van der Waals surface area contributed by atoms with Crippen molar-refractivity contribution in [1.29, 1.82) is 0 Å². The lowest BCUT2D eigenvalue weighted by Gasteiger charge is -2.39. The Balaban J connectivity index is 1.44. The third kappa shape index (κ3) is 4.74. The fraction of sp³-hybridized carbons (Fsp3) is 0.478. The molecule has 180 valence electrons. The molecule has 2 fully saturated rings. The van der Waals surface area contributed by atoms with E-state index in [0.29, 0.717) is 24.9 Å². The van der Waals surface area contributed by atoms with Gasteiger partial charge in [-0.05, 0) is 54.5 Å². The van der Waals surface area contributed by atoms with Crippen LogP contribution in [0, 0.1) is 5.41 Å². The first-order valence-corrected chi connectivity index (χ1v) is 12.3. The maximum Gasteiger partial charge on any atom is 0.417 e. The quantitative estimate of drug-likeness (QED) is 0.637. The van der Waals surface area contributed by atoms with E-state index < -0.39 is 39.4 Å². The first-order valence-electron chi connectivity index (χ1n) is 10.8. The maximum atomic E-state index is 13.4. The summed E-state index contributed by atoms with van der Waals surface area (Å²) in [7, 11) is -4.26. The molecule has 0 aliphatic carbocycles. The van der Waals surface area contributed by atoms with Gasteiger partial charge in [0.15, 0.2) is 0 Å². The molecule has 1 unspecified atom stereocenters. The summed E-state index contributed by atoms with van der Waals surface area (Å²) in [6.07, 6.45) is -3.90. The Bertz CT molecular complexity index is 1080. The van der Waals surface area contributed by atoms with Crippen LogP contribution in [0.3, 0.4) is 0 Å². The molecule has 10 heteroatoms. The summed E-state index contributed by atoms with van der Waals surface area (Å²) in [5.41, 5.74) is 0.203. The molecule has 2 aliphatic rings. The number of benzene rings is 2. The minimum absolute atomic E-state index is 0.104. The third-order valence-corrected chi connectivity index (χ3v) is 8.78. The van der Waals surface area contributed by atoms with Gasteiger partial charge in [-0.2, -0.15) is 17.5 Å². The first-order chi connectivity index (χ1) is 15.6. The number of halogens is 4. The summed E-state index contributed by atoms with van der Waals surface area (Å²) in [5, 5.41) is 9.61. The van der Waals surface area contributed by atoms with Crippen molar-refractivity contribution >= 4 is 15.7 Å². The number of aliphatic hydroxyl groups excluding tert-OH is 1. The molecular weight excluding hydrogens is 460 g/mol. The monoisotopic (exact) mass is 486 g/mol. The molecule has 0 aromatic heterocycles. The molecule has 0 bridgehead atoms. The van der Waals surface area contributed by atoms with Crippen molar-refractivity contribution in [1.82, 2.24) is 4.31 Å². The van der Waals surface area contributed by atoms with Crippen LogP contribution < -0.4 is 4.90 Å². The van der Waals surface area contributed by atoms with Crippen molar-refractivity contribution in [2.45, 2.75) is 36.4 Å². The van der Waals surface area contributed by atoms with Crippen LogP contribution in [0.4, 0.5) is 23.2 Å². The summed E-state index contributed by atoms with van der Waals surface area (Å²) in [5.74, 6) is 0.